The fraction of sp³-hybridized carbons (Fsp3) is 0.545. The van der Waals surface area contributed by atoms with E-state index in [1.54, 1.807) is 0 Å². The van der Waals surface area contributed by atoms with Gasteiger partial charge >= 0.3 is 0 Å². The van der Waals surface area contributed by atoms with E-state index in [0.29, 0.717) is 5.92 Å². The lowest BCUT2D eigenvalue weighted by molar-refractivity contribution is 0.595. The molecule has 1 aromatic heterocycles. The summed E-state index contributed by atoms with van der Waals surface area (Å²) in [6.45, 7) is 2.26. The number of hydrogen-bond donors (Lipinski definition) is 1. The maximum absolute atomic E-state index is 4.40. The van der Waals surface area contributed by atoms with E-state index in [2.05, 4.69) is 22.4 Å². The fourth-order valence-corrected chi connectivity index (χ4v) is 1.89. The maximum atomic E-state index is 4.40. The number of nitrogens with zero attached hydrogens (tertiary/aromatic N) is 1. The van der Waals surface area contributed by atoms with E-state index in [9.17, 15) is 0 Å². The van der Waals surface area contributed by atoms with Crippen LogP contribution in [0.25, 0.3) is 0 Å². The van der Waals surface area contributed by atoms with E-state index in [1.165, 1.54) is 31.5 Å². The van der Waals surface area contributed by atoms with Crippen LogP contribution in [0.4, 0.5) is 0 Å². The van der Waals surface area contributed by atoms with Crippen LogP contribution >= 0.6 is 0 Å². The van der Waals surface area contributed by atoms with Crippen LogP contribution in [0.15, 0.2) is 24.4 Å². The van der Waals surface area contributed by atoms with Crippen molar-refractivity contribution in [2.75, 3.05) is 13.1 Å². The van der Waals surface area contributed by atoms with Crippen LogP contribution in [0.5, 0.6) is 0 Å². The number of aromatic nitrogens is 1. The van der Waals surface area contributed by atoms with Crippen molar-refractivity contribution in [2.24, 2.45) is 0 Å². The monoisotopic (exact) mass is 176 g/mol. The van der Waals surface area contributed by atoms with Crippen molar-refractivity contribution in [2.45, 2.75) is 25.2 Å². The van der Waals surface area contributed by atoms with Crippen LogP contribution in [0.3, 0.4) is 0 Å². The van der Waals surface area contributed by atoms with Crippen LogP contribution in [-0.2, 0) is 0 Å². The Hall–Kier alpha value is -0.890. The van der Waals surface area contributed by atoms with Crippen LogP contribution in [-0.4, -0.2) is 18.1 Å². The van der Waals surface area contributed by atoms with Gasteiger partial charge in [-0.05, 0) is 31.5 Å². The molecule has 1 saturated heterocycles. The smallest absolute Gasteiger partial charge is 0.0447 e. The largest absolute Gasteiger partial charge is 0.316 e. The molecule has 1 aromatic rings. The molecule has 0 radical (unpaired) electrons. The predicted molar refractivity (Wildman–Crippen MR) is 53.7 cm³/mol. The molecular weight excluding hydrogens is 160 g/mol. The molecule has 2 rings (SSSR count). The zero-order valence-electron chi connectivity index (χ0n) is 7.87. The van der Waals surface area contributed by atoms with Gasteiger partial charge in [0, 0.05) is 24.4 Å². The second-order valence-corrected chi connectivity index (χ2v) is 3.65. The Labute approximate surface area is 79.4 Å². The lowest BCUT2D eigenvalue weighted by Gasteiger charge is -2.12. The molecule has 2 nitrogen and oxygen atoms in total. The average Bonchev–Trinajstić information content (AvgIpc) is 2.47. The molecule has 0 bridgehead atoms. The van der Waals surface area contributed by atoms with E-state index in [-0.39, 0.29) is 0 Å². The number of rotatable bonds is 1. The zero-order chi connectivity index (χ0) is 8.93. The molecule has 2 heterocycles. The van der Waals surface area contributed by atoms with Gasteiger partial charge in [-0.1, -0.05) is 12.5 Å². The topological polar surface area (TPSA) is 24.9 Å². The average molecular weight is 176 g/mol. The van der Waals surface area contributed by atoms with Crippen molar-refractivity contribution < 1.29 is 0 Å². The highest BCUT2D eigenvalue weighted by Gasteiger charge is 2.14. The quantitative estimate of drug-likeness (QED) is 0.707. The third-order valence-corrected chi connectivity index (χ3v) is 2.65. The molecule has 1 atom stereocenters. The summed E-state index contributed by atoms with van der Waals surface area (Å²) in [7, 11) is 0. The van der Waals surface area contributed by atoms with Crippen molar-refractivity contribution >= 4 is 0 Å². The second-order valence-electron chi connectivity index (χ2n) is 3.65. The maximum Gasteiger partial charge on any atom is 0.0447 e. The molecule has 0 spiro atoms. The molecule has 1 aliphatic heterocycles. The molecular formula is C11H16N2. The first-order valence-corrected chi connectivity index (χ1v) is 5.08. The minimum atomic E-state index is 0.628. The molecule has 0 aliphatic carbocycles. The number of nitrogens with one attached hydrogen (secondary N) is 1. The molecule has 0 aromatic carbocycles. The summed E-state index contributed by atoms with van der Waals surface area (Å²) >= 11 is 0. The summed E-state index contributed by atoms with van der Waals surface area (Å²) in [5.41, 5.74) is 1.25. The number of pyridine rings is 1. The summed E-state index contributed by atoms with van der Waals surface area (Å²) in [6, 6.07) is 6.19. The Balaban J connectivity index is 2.06. The summed E-state index contributed by atoms with van der Waals surface area (Å²) in [6.07, 6.45) is 5.81. The van der Waals surface area contributed by atoms with Gasteiger partial charge in [0.05, 0.1) is 0 Å². The van der Waals surface area contributed by atoms with Crippen LogP contribution < -0.4 is 5.32 Å². The van der Waals surface area contributed by atoms with Gasteiger partial charge in [-0.15, -0.1) is 0 Å². The van der Waals surface area contributed by atoms with E-state index in [1.807, 2.05) is 12.3 Å². The van der Waals surface area contributed by atoms with Crippen molar-refractivity contribution in [3.63, 3.8) is 0 Å². The Bertz CT molecular complexity index is 238. The van der Waals surface area contributed by atoms with Crippen molar-refractivity contribution in [3.05, 3.63) is 30.1 Å². The zero-order valence-corrected chi connectivity index (χ0v) is 7.87. The van der Waals surface area contributed by atoms with E-state index in [4.69, 9.17) is 0 Å². The molecule has 2 heteroatoms. The predicted octanol–water partition coefficient (Wildman–Crippen LogP) is 1.94. The third kappa shape index (κ3) is 2.28. The summed E-state index contributed by atoms with van der Waals surface area (Å²) in [5, 5.41) is 3.46. The van der Waals surface area contributed by atoms with Crippen LogP contribution in [0.2, 0.25) is 0 Å². The Morgan fingerprint density at radius 2 is 2.31 bits per heavy atom. The first-order chi connectivity index (χ1) is 6.47. The Morgan fingerprint density at radius 3 is 3.15 bits per heavy atom. The molecule has 1 unspecified atom stereocenters. The van der Waals surface area contributed by atoms with Crippen molar-refractivity contribution in [3.8, 4) is 0 Å². The highest BCUT2D eigenvalue weighted by Crippen LogP contribution is 2.20. The Kier molecular flexibility index (Phi) is 2.93. The van der Waals surface area contributed by atoms with Gasteiger partial charge in [-0.25, -0.2) is 0 Å². The highest BCUT2D eigenvalue weighted by molar-refractivity contribution is 5.10. The minimum absolute atomic E-state index is 0.628. The Morgan fingerprint density at radius 1 is 1.31 bits per heavy atom. The van der Waals surface area contributed by atoms with Crippen molar-refractivity contribution in [1.82, 2.24) is 10.3 Å². The molecule has 13 heavy (non-hydrogen) atoms. The van der Waals surface area contributed by atoms with Crippen LogP contribution in [0.1, 0.15) is 30.9 Å². The van der Waals surface area contributed by atoms with Crippen molar-refractivity contribution in [1.29, 1.82) is 0 Å². The summed E-state index contributed by atoms with van der Waals surface area (Å²) in [5.74, 6) is 0.628. The molecule has 1 fully saturated rings. The normalized spacial score (nSPS) is 23.8. The summed E-state index contributed by atoms with van der Waals surface area (Å²) < 4.78 is 0. The van der Waals surface area contributed by atoms with Gasteiger partial charge in [0.2, 0.25) is 0 Å². The first-order valence-electron chi connectivity index (χ1n) is 5.08. The SMILES string of the molecule is c1ccc(C2CCCCNC2)nc1. The van der Waals surface area contributed by atoms with Gasteiger partial charge in [0.25, 0.3) is 0 Å². The standard InChI is InChI=1S/C11H16N2/c1-3-7-12-9-10(5-1)11-6-2-4-8-13-11/h2,4,6,8,10,12H,1,3,5,7,9H2. The molecule has 0 saturated carbocycles. The van der Waals surface area contributed by atoms with Gasteiger partial charge in [0.1, 0.15) is 0 Å². The van der Waals surface area contributed by atoms with Crippen LogP contribution in [0, 0.1) is 0 Å². The second kappa shape index (κ2) is 4.38. The number of hydrogen-bond acceptors (Lipinski definition) is 2. The highest BCUT2D eigenvalue weighted by atomic mass is 14.9. The van der Waals surface area contributed by atoms with Gasteiger partial charge < -0.3 is 5.32 Å². The summed E-state index contributed by atoms with van der Waals surface area (Å²) in [4.78, 5) is 4.40. The fourth-order valence-electron chi connectivity index (χ4n) is 1.89. The molecule has 70 valence electrons. The lowest BCUT2D eigenvalue weighted by Crippen LogP contribution is -2.19. The third-order valence-electron chi connectivity index (χ3n) is 2.65. The minimum Gasteiger partial charge on any atom is -0.316 e. The van der Waals surface area contributed by atoms with E-state index >= 15 is 0 Å². The van der Waals surface area contributed by atoms with Gasteiger partial charge in [-0.3, -0.25) is 4.98 Å². The lowest BCUT2D eigenvalue weighted by atomic mass is 9.99. The van der Waals surface area contributed by atoms with Gasteiger partial charge in [0.15, 0.2) is 0 Å². The molecule has 1 N–H and O–H groups in total. The van der Waals surface area contributed by atoms with E-state index in [0.717, 1.165) is 6.54 Å². The molecule has 0 amide bonds. The van der Waals surface area contributed by atoms with Gasteiger partial charge in [-0.2, -0.15) is 0 Å². The first kappa shape index (κ1) is 8.70. The molecule has 1 aliphatic rings. The van der Waals surface area contributed by atoms with E-state index < -0.39 is 0 Å².